The third kappa shape index (κ3) is 4.02. The number of benzene rings is 2. The Hall–Kier alpha value is -2.94. The normalized spacial score (nSPS) is 18.0. The molecule has 1 aromatic heterocycles. The molecule has 1 fully saturated rings. The van der Waals surface area contributed by atoms with Gasteiger partial charge in [-0.1, -0.05) is 0 Å². The Morgan fingerprint density at radius 3 is 2.60 bits per heavy atom. The Morgan fingerprint density at radius 2 is 1.90 bits per heavy atom. The quantitative estimate of drug-likeness (QED) is 0.604. The zero-order valence-electron chi connectivity index (χ0n) is 16.2. The van der Waals surface area contributed by atoms with Gasteiger partial charge in [-0.05, 0) is 62.8 Å². The van der Waals surface area contributed by atoms with Gasteiger partial charge in [-0.3, -0.25) is 0 Å². The molecule has 9 heteroatoms. The monoisotopic (exact) mass is 420 g/mol. The first kappa shape index (κ1) is 20.3. The predicted octanol–water partition coefficient (Wildman–Crippen LogP) is 4.67. The lowest BCUT2D eigenvalue weighted by atomic mass is 10.0. The molecule has 4 rings (SSSR count). The highest BCUT2D eigenvalue weighted by atomic mass is 19.4. The Labute approximate surface area is 170 Å². The molecule has 0 saturated carbocycles. The number of likely N-dealkylation sites (N-methyl/N-ethyl adjacent to an activating group) is 1. The number of hydrogen-bond acceptors (Lipinski definition) is 5. The molecule has 2 N–H and O–H groups in total. The number of hydrogen-bond donors (Lipinski definition) is 2. The summed E-state index contributed by atoms with van der Waals surface area (Å²) < 4.78 is 52.7. The third-order valence-corrected chi connectivity index (χ3v) is 5.29. The minimum atomic E-state index is -4.59. The zero-order valence-corrected chi connectivity index (χ0v) is 16.2. The molecule has 0 spiro atoms. The first-order valence-corrected chi connectivity index (χ1v) is 9.54. The number of nitrogens with one attached hydrogen (secondary N) is 1. The number of aromatic hydroxyl groups is 1. The molecule has 2 aromatic carbocycles. The van der Waals surface area contributed by atoms with Crippen molar-refractivity contribution >= 4 is 16.6 Å². The number of alkyl halides is 3. The second-order valence-corrected chi connectivity index (χ2v) is 7.56. The van der Waals surface area contributed by atoms with Crippen LogP contribution in [0, 0.1) is 5.82 Å². The molecule has 1 aliphatic heterocycles. The van der Waals surface area contributed by atoms with E-state index < -0.39 is 23.3 Å². The maximum atomic E-state index is 14.0. The van der Waals surface area contributed by atoms with Crippen LogP contribution in [0.3, 0.4) is 0 Å². The summed E-state index contributed by atoms with van der Waals surface area (Å²) in [5.41, 5.74) is -0.816. The van der Waals surface area contributed by atoms with E-state index in [2.05, 4.69) is 20.4 Å². The number of rotatable bonds is 3. The highest BCUT2D eigenvalue weighted by Gasteiger charge is 2.31. The van der Waals surface area contributed by atoms with Gasteiger partial charge in [-0.25, -0.2) is 4.39 Å². The number of halogens is 4. The van der Waals surface area contributed by atoms with Gasteiger partial charge in [-0.15, -0.1) is 10.2 Å². The van der Waals surface area contributed by atoms with Gasteiger partial charge in [0.15, 0.2) is 5.82 Å². The van der Waals surface area contributed by atoms with E-state index in [0.717, 1.165) is 38.1 Å². The molecule has 3 aromatic rings. The van der Waals surface area contributed by atoms with Crippen molar-refractivity contribution in [2.75, 3.05) is 25.5 Å². The van der Waals surface area contributed by atoms with Crippen LogP contribution in [0.15, 0.2) is 36.4 Å². The molecule has 30 heavy (non-hydrogen) atoms. The Morgan fingerprint density at radius 1 is 1.10 bits per heavy atom. The molecule has 2 heterocycles. The second-order valence-electron chi connectivity index (χ2n) is 7.56. The zero-order chi connectivity index (χ0) is 21.5. The molecule has 1 saturated heterocycles. The van der Waals surface area contributed by atoms with E-state index in [1.807, 2.05) is 7.05 Å². The largest absolute Gasteiger partial charge is 0.507 e. The maximum Gasteiger partial charge on any atom is 0.416 e. The lowest BCUT2D eigenvalue weighted by Crippen LogP contribution is -2.40. The lowest BCUT2D eigenvalue weighted by molar-refractivity contribution is -0.137. The number of piperidine rings is 1. The van der Waals surface area contributed by atoms with Crippen LogP contribution in [-0.4, -0.2) is 46.4 Å². The highest BCUT2D eigenvalue weighted by Crippen LogP contribution is 2.39. The van der Waals surface area contributed by atoms with Gasteiger partial charge in [-0.2, -0.15) is 13.2 Å². The standard InChI is InChI=1S/C21H20F4N4O/c1-29-8-2-3-14(11-29)26-20-15-7-5-13(22)10-17(15)19(27-28-20)16-6-4-12(9-18(16)30)21(23,24)25/h4-7,9-10,14,30H,2-3,8,11H2,1H3,(H,26,28). The minimum Gasteiger partial charge on any atom is -0.507 e. The topological polar surface area (TPSA) is 61.3 Å². The molecule has 158 valence electrons. The summed E-state index contributed by atoms with van der Waals surface area (Å²) in [6.45, 7) is 1.84. The Bertz CT molecular complexity index is 1090. The van der Waals surface area contributed by atoms with E-state index in [1.165, 1.54) is 12.1 Å². The molecule has 1 aliphatic rings. The van der Waals surface area contributed by atoms with E-state index in [0.29, 0.717) is 22.7 Å². The van der Waals surface area contributed by atoms with E-state index >= 15 is 0 Å². The Balaban J connectivity index is 1.78. The molecule has 0 amide bonds. The molecule has 1 atom stereocenters. The van der Waals surface area contributed by atoms with Crippen LogP contribution in [0.1, 0.15) is 18.4 Å². The molecule has 0 bridgehead atoms. The lowest BCUT2D eigenvalue weighted by Gasteiger charge is -2.30. The number of likely N-dealkylation sites (tertiary alicyclic amines) is 1. The van der Waals surface area contributed by atoms with Gasteiger partial charge in [0.05, 0.1) is 5.56 Å². The van der Waals surface area contributed by atoms with E-state index in [4.69, 9.17) is 0 Å². The number of phenols is 1. The van der Waals surface area contributed by atoms with Crippen molar-refractivity contribution < 1.29 is 22.7 Å². The van der Waals surface area contributed by atoms with E-state index in [1.54, 1.807) is 6.07 Å². The Kier molecular flexibility index (Phi) is 5.23. The fourth-order valence-corrected chi connectivity index (χ4v) is 3.82. The van der Waals surface area contributed by atoms with Gasteiger partial charge in [0.1, 0.15) is 17.3 Å². The summed E-state index contributed by atoms with van der Waals surface area (Å²) in [5.74, 6) is -0.647. The number of phenolic OH excluding ortho intramolecular Hbond substituents is 1. The summed E-state index contributed by atoms with van der Waals surface area (Å²) in [6.07, 6.45) is -2.60. The van der Waals surface area contributed by atoms with Crippen LogP contribution in [0.2, 0.25) is 0 Å². The number of fused-ring (bicyclic) bond motifs is 1. The van der Waals surface area contributed by atoms with Crippen molar-refractivity contribution in [2.45, 2.75) is 25.1 Å². The van der Waals surface area contributed by atoms with Crippen molar-refractivity contribution in [1.29, 1.82) is 0 Å². The fourth-order valence-electron chi connectivity index (χ4n) is 3.82. The fraction of sp³-hybridized carbons (Fsp3) is 0.333. The molecule has 0 aliphatic carbocycles. The van der Waals surface area contributed by atoms with Gasteiger partial charge >= 0.3 is 6.18 Å². The van der Waals surface area contributed by atoms with Crippen LogP contribution >= 0.6 is 0 Å². The SMILES string of the molecule is CN1CCCC(Nc2nnc(-c3ccc(C(F)(F)F)cc3O)c3cc(F)ccc23)C1. The van der Waals surface area contributed by atoms with E-state index in [-0.39, 0.29) is 17.3 Å². The van der Waals surface area contributed by atoms with Gasteiger partial charge in [0.25, 0.3) is 0 Å². The summed E-state index contributed by atoms with van der Waals surface area (Å²) in [5, 5.41) is 22.8. The summed E-state index contributed by atoms with van der Waals surface area (Å²) in [4.78, 5) is 2.20. The van der Waals surface area contributed by atoms with Crippen molar-refractivity contribution in [3.05, 3.63) is 47.8 Å². The summed E-state index contributed by atoms with van der Waals surface area (Å²) in [6, 6.07) is 6.84. The van der Waals surface area contributed by atoms with Crippen molar-refractivity contribution in [2.24, 2.45) is 0 Å². The van der Waals surface area contributed by atoms with Crippen molar-refractivity contribution in [3.63, 3.8) is 0 Å². The number of anilines is 1. The average molecular weight is 420 g/mol. The van der Waals surface area contributed by atoms with Crippen LogP contribution in [0.5, 0.6) is 5.75 Å². The van der Waals surface area contributed by atoms with E-state index in [9.17, 15) is 22.7 Å². The average Bonchev–Trinajstić information content (AvgIpc) is 2.68. The van der Waals surface area contributed by atoms with Gasteiger partial charge < -0.3 is 15.3 Å². The van der Waals surface area contributed by atoms with Crippen molar-refractivity contribution in [3.8, 4) is 17.0 Å². The second kappa shape index (κ2) is 7.71. The van der Waals surface area contributed by atoms with Crippen molar-refractivity contribution in [1.82, 2.24) is 15.1 Å². The third-order valence-electron chi connectivity index (χ3n) is 5.29. The molecule has 5 nitrogen and oxygen atoms in total. The van der Waals surface area contributed by atoms with Crippen LogP contribution in [0.4, 0.5) is 23.4 Å². The maximum absolute atomic E-state index is 14.0. The van der Waals surface area contributed by atoms with Gasteiger partial charge in [0.2, 0.25) is 0 Å². The van der Waals surface area contributed by atoms with Gasteiger partial charge in [0, 0.05) is 28.9 Å². The number of aromatic nitrogens is 2. The van der Waals surface area contributed by atoms with Crippen LogP contribution < -0.4 is 5.32 Å². The summed E-state index contributed by atoms with van der Waals surface area (Å²) in [7, 11) is 2.03. The highest BCUT2D eigenvalue weighted by molar-refractivity contribution is 6.01. The number of nitrogens with zero attached hydrogens (tertiary/aromatic N) is 3. The molecule has 0 radical (unpaired) electrons. The smallest absolute Gasteiger partial charge is 0.416 e. The predicted molar refractivity (Wildman–Crippen MR) is 106 cm³/mol. The first-order chi connectivity index (χ1) is 14.2. The van der Waals surface area contributed by atoms with Crippen LogP contribution in [0.25, 0.3) is 22.0 Å². The van der Waals surface area contributed by atoms with Crippen LogP contribution in [-0.2, 0) is 6.18 Å². The minimum absolute atomic E-state index is 0.0510. The summed E-state index contributed by atoms with van der Waals surface area (Å²) >= 11 is 0. The molecular formula is C21H20F4N4O. The molecular weight excluding hydrogens is 400 g/mol. The molecule has 1 unspecified atom stereocenters. The first-order valence-electron chi connectivity index (χ1n) is 9.54.